The summed E-state index contributed by atoms with van der Waals surface area (Å²) in [6.07, 6.45) is 0.208. The van der Waals surface area contributed by atoms with E-state index < -0.39 is 11.1 Å². The zero-order valence-electron chi connectivity index (χ0n) is 7.28. The zero-order valence-corrected chi connectivity index (χ0v) is 8.10. The maximum atomic E-state index is 10.8. The Kier molecular flexibility index (Phi) is 5.92. The lowest BCUT2D eigenvalue weighted by Crippen LogP contribution is -2.14. The average molecular weight is 194 g/mol. The van der Waals surface area contributed by atoms with E-state index in [1.54, 1.807) is 13.8 Å². The summed E-state index contributed by atoms with van der Waals surface area (Å²) in [5.74, 6) is -0.288. The smallest absolute Gasteiger partial charge is 0.306 e. The molecular weight excluding hydrogens is 180 g/mol. The molecule has 0 aromatic carbocycles. The Morgan fingerprint density at radius 1 is 1.67 bits per heavy atom. The highest BCUT2D eigenvalue weighted by Gasteiger charge is 2.11. The van der Waals surface area contributed by atoms with Crippen LogP contribution in [-0.4, -0.2) is 27.1 Å². The van der Waals surface area contributed by atoms with Crippen molar-refractivity contribution >= 4 is 17.0 Å². The fourth-order valence-electron chi connectivity index (χ4n) is 0.807. The van der Waals surface area contributed by atoms with E-state index in [4.69, 9.17) is 4.55 Å². The molecule has 0 aromatic rings. The van der Waals surface area contributed by atoms with Crippen molar-refractivity contribution in [1.29, 1.82) is 0 Å². The first-order chi connectivity index (χ1) is 5.56. The Morgan fingerprint density at radius 2 is 2.25 bits per heavy atom. The van der Waals surface area contributed by atoms with Crippen molar-refractivity contribution in [2.45, 2.75) is 20.3 Å². The van der Waals surface area contributed by atoms with Crippen LogP contribution in [0.3, 0.4) is 0 Å². The molecule has 0 heterocycles. The van der Waals surface area contributed by atoms with Crippen LogP contribution in [0.15, 0.2) is 0 Å². The summed E-state index contributed by atoms with van der Waals surface area (Å²) in [6, 6.07) is 0. The fourth-order valence-corrected chi connectivity index (χ4v) is 1.41. The lowest BCUT2D eigenvalue weighted by atomic mass is 10.1. The van der Waals surface area contributed by atoms with Gasteiger partial charge in [-0.3, -0.25) is 4.79 Å². The van der Waals surface area contributed by atoms with E-state index in [2.05, 4.69) is 4.74 Å². The van der Waals surface area contributed by atoms with Gasteiger partial charge in [0, 0.05) is 6.42 Å². The van der Waals surface area contributed by atoms with Crippen molar-refractivity contribution in [2.24, 2.45) is 5.92 Å². The van der Waals surface area contributed by atoms with E-state index in [0.29, 0.717) is 6.61 Å². The van der Waals surface area contributed by atoms with Crippen molar-refractivity contribution in [3.8, 4) is 0 Å². The molecule has 0 aliphatic heterocycles. The van der Waals surface area contributed by atoms with Crippen LogP contribution in [0.1, 0.15) is 20.3 Å². The number of esters is 1. The first-order valence-electron chi connectivity index (χ1n) is 3.79. The molecule has 0 bridgehead atoms. The van der Waals surface area contributed by atoms with E-state index in [0.717, 1.165) is 0 Å². The van der Waals surface area contributed by atoms with Crippen LogP contribution >= 0.6 is 0 Å². The summed E-state index contributed by atoms with van der Waals surface area (Å²) in [4.78, 5) is 10.8. The first-order valence-corrected chi connectivity index (χ1v) is 5.07. The number of hydrogen-bond acceptors (Lipinski definition) is 3. The predicted octanol–water partition coefficient (Wildman–Crippen LogP) is 0.797. The molecule has 0 rings (SSSR count). The minimum absolute atomic E-state index is 0.102. The summed E-state index contributed by atoms with van der Waals surface area (Å²) in [6.45, 7) is 3.82. The third-order valence-electron chi connectivity index (χ3n) is 1.25. The van der Waals surface area contributed by atoms with E-state index in [1.807, 2.05) is 0 Å². The highest BCUT2D eigenvalue weighted by Crippen LogP contribution is 2.04. The van der Waals surface area contributed by atoms with Gasteiger partial charge in [0.25, 0.3) is 0 Å². The van der Waals surface area contributed by atoms with Gasteiger partial charge in [0.1, 0.15) is 0 Å². The maximum absolute atomic E-state index is 10.8. The molecule has 1 unspecified atom stereocenters. The highest BCUT2D eigenvalue weighted by molar-refractivity contribution is 7.79. The third-order valence-corrected chi connectivity index (χ3v) is 2.10. The summed E-state index contributed by atoms with van der Waals surface area (Å²) in [5.41, 5.74) is 0. The molecule has 72 valence electrons. The van der Waals surface area contributed by atoms with E-state index in [9.17, 15) is 9.00 Å². The Morgan fingerprint density at radius 3 is 2.67 bits per heavy atom. The van der Waals surface area contributed by atoms with Crippen LogP contribution in [0.25, 0.3) is 0 Å². The molecule has 0 spiro atoms. The SMILES string of the molecule is CCOC(=O)C[C@@H](C)CS(=O)O. The summed E-state index contributed by atoms with van der Waals surface area (Å²) in [7, 11) is 0. The first kappa shape index (κ1) is 11.6. The van der Waals surface area contributed by atoms with Gasteiger partial charge >= 0.3 is 5.97 Å². The Hall–Kier alpha value is -0.420. The van der Waals surface area contributed by atoms with Gasteiger partial charge in [-0.05, 0) is 12.8 Å². The topological polar surface area (TPSA) is 63.6 Å². The molecule has 0 radical (unpaired) electrons. The minimum Gasteiger partial charge on any atom is -0.466 e. The zero-order chi connectivity index (χ0) is 9.56. The molecule has 0 aliphatic carbocycles. The lowest BCUT2D eigenvalue weighted by molar-refractivity contribution is -0.143. The Bertz CT molecular complexity index is 169. The number of hydrogen-bond donors (Lipinski definition) is 1. The summed E-state index contributed by atoms with van der Waals surface area (Å²) >= 11 is -1.82. The normalized spacial score (nSPS) is 15.2. The van der Waals surface area contributed by atoms with Gasteiger partial charge in [-0.1, -0.05) is 6.92 Å². The number of ether oxygens (including phenoxy) is 1. The molecule has 0 saturated heterocycles. The average Bonchev–Trinajstić information content (AvgIpc) is 1.84. The fraction of sp³-hybridized carbons (Fsp3) is 0.857. The van der Waals surface area contributed by atoms with Crippen molar-refractivity contribution < 1.29 is 18.3 Å². The quantitative estimate of drug-likeness (QED) is 0.519. The maximum Gasteiger partial charge on any atom is 0.306 e. The standard InChI is InChI=1S/C7H14O4S/c1-3-11-7(8)4-6(2)5-12(9)10/h6H,3-5H2,1-2H3,(H,9,10)/t6-/m1/s1. The van der Waals surface area contributed by atoms with Crippen molar-refractivity contribution in [3.05, 3.63) is 0 Å². The molecule has 0 fully saturated rings. The van der Waals surface area contributed by atoms with Crippen LogP contribution in [-0.2, 0) is 20.6 Å². The van der Waals surface area contributed by atoms with Gasteiger partial charge in [-0.25, -0.2) is 4.21 Å². The van der Waals surface area contributed by atoms with Crippen LogP contribution in [0.2, 0.25) is 0 Å². The number of carbonyl (C=O) groups excluding carboxylic acids is 1. The molecule has 1 N–H and O–H groups in total. The molecule has 4 nitrogen and oxygen atoms in total. The van der Waals surface area contributed by atoms with Gasteiger partial charge in [-0.2, -0.15) is 0 Å². The van der Waals surface area contributed by atoms with Crippen molar-refractivity contribution in [2.75, 3.05) is 12.4 Å². The lowest BCUT2D eigenvalue weighted by Gasteiger charge is -2.07. The van der Waals surface area contributed by atoms with Gasteiger partial charge in [-0.15, -0.1) is 0 Å². The number of rotatable bonds is 5. The number of carbonyl (C=O) groups is 1. The second-order valence-electron chi connectivity index (χ2n) is 2.60. The van der Waals surface area contributed by atoms with Crippen LogP contribution in [0, 0.1) is 5.92 Å². The molecule has 5 heteroatoms. The Balaban J connectivity index is 3.61. The van der Waals surface area contributed by atoms with Gasteiger partial charge in [0.2, 0.25) is 0 Å². The van der Waals surface area contributed by atoms with E-state index in [1.165, 1.54) is 0 Å². The summed E-state index contributed by atoms with van der Waals surface area (Å²) in [5, 5.41) is 0. The van der Waals surface area contributed by atoms with Crippen LogP contribution in [0.4, 0.5) is 0 Å². The van der Waals surface area contributed by atoms with Crippen molar-refractivity contribution in [3.63, 3.8) is 0 Å². The molecule has 12 heavy (non-hydrogen) atoms. The highest BCUT2D eigenvalue weighted by atomic mass is 32.2. The molecule has 0 amide bonds. The second kappa shape index (κ2) is 6.14. The molecule has 0 saturated carbocycles. The van der Waals surface area contributed by atoms with Crippen molar-refractivity contribution in [1.82, 2.24) is 0 Å². The molecule has 0 aromatic heterocycles. The minimum atomic E-state index is -1.82. The largest absolute Gasteiger partial charge is 0.466 e. The van der Waals surface area contributed by atoms with Gasteiger partial charge in [0.15, 0.2) is 11.1 Å². The monoisotopic (exact) mass is 194 g/mol. The Labute approximate surface area is 74.6 Å². The molecule has 2 atom stereocenters. The third kappa shape index (κ3) is 6.30. The van der Waals surface area contributed by atoms with E-state index >= 15 is 0 Å². The summed E-state index contributed by atoms with van der Waals surface area (Å²) < 4.78 is 23.5. The second-order valence-corrected chi connectivity index (χ2v) is 3.58. The predicted molar refractivity (Wildman–Crippen MR) is 46.1 cm³/mol. The van der Waals surface area contributed by atoms with E-state index in [-0.39, 0.29) is 24.1 Å². The molecule has 0 aliphatic rings. The van der Waals surface area contributed by atoms with Gasteiger partial charge in [0.05, 0.1) is 12.4 Å². The molecular formula is C7H14O4S. The van der Waals surface area contributed by atoms with Crippen LogP contribution in [0.5, 0.6) is 0 Å². The van der Waals surface area contributed by atoms with Gasteiger partial charge < -0.3 is 9.29 Å². The van der Waals surface area contributed by atoms with Crippen LogP contribution < -0.4 is 0 Å².